The molecule has 0 rings (SSSR count). The first-order valence-electron chi connectivity index (χ1n) is 0.258. The van der Waals surface area contributed by atoms with Crippen molar-refractivity contribution in [3.63, 3.8) is 0 Å². The van der Waals surface area contributed by atoms with Gasteiger partial charge in [-0.1, -0.05) is 0 Å². The second-order valence-electron chi connectivity index (χ2n) is 0. The van der Waals surface area contributed by atoms with Gasteiger partial charge in [0.05, 0.1) is 0 Å². The van der Waals surface area contributed by atoms with Crippen LogP contribution in [0.2, 0.25) is 0 Å². The molecule has 0 aliphatic carbocycles. The zero-order valence-electron chi connectivity index (χ0n) is 2.05. The van der Waals surface area contributed by atoms with Gasteiger partial charge in [0.25, 0.3) is 0 Å². The quantitative estimate of drug-likeness (QED) is 0.357. The molecule has 0 radical (unpaired) electrons. The van der Waals surface area contributed by atoms with Crippen molar-refractivity contribution in [3.8, 4) is 0 Å². The minimum atomic E-state index is 0. The van der Waals surface area contributed by atoms with Crippen molar-refractivity contribution in [1.82, 2.24) is 0 Å². The molecule has 0 aromatic heterocycles. The molecule has 0 heterocycles. The van der Waals surface area contributed by atoms with Crippen molar-refractivity contribution in [2.45, 2.75) is 0 Å². The number of hydrogen-bond acceptors (Lipinski definition) is 1. The summed E-state index contributed by atoms with van der Waals surface area (Å²) >= 11 is 0. The molecule has 0 aliphatic rings. The molecular weight excluding hydrogens is 83.1 g/mol. The zero-order chi connectivity index (χ0) is 2.00. The van der Waals surface area contributed by atoms with Gasteiger partial charge >= 0.3 is 17.4 Å². The van der Waals surface area contributed by atoms with E-state index in [9.17, 15) is 0 Å². The Bertz CT molecular complexity index is 10.8. The molecule has 0 bridgehead atoms. The SMILES string of the molecule is N#[SiH].[Al+3].[N-3]. The summed E-state index contributed by atoms with van der Waals surface area (Å²) in [5.74, 6) is 0. The molecule has 0 atom stereocenters. The van der Waals surface area contributed by atoms with Crippen LogP contribution in [0.25, 0.3) is 6.15 Å². The maximum atomic E-state index is 6.92. The Morgan fingerprint density at radius 1 is 1.25 bits per heavy atom. The minimum absolute atomic E-state index is 0. The summed E-state index contributed by atoms with van der Waals surface area (Å²) < 4.78 is 0. The second-order valence-corrected chi connectivity index (χ2v) is 0. The van der Waals surface area contributed by atoms with Crippen LogP contribution in [-0.2, 0) is 0 Å². The minimum Gasteiger partial charge on any atom is -3.00 e. The van der Waals surface area contributed by atoms with Gasteiger partial charge in [-0.25, -0.2) is 0 Å². The average molecular weight is 84.1 g/mol. The molecule has 0 spiro atoms. The van der Waals surface area contributed by atoms with E-state index in [-0.39, 0.29) is 23.5 Å². The molecule has 18 valence electrons. The molecule has 0 N–H and O–H groups in total. The molecule has 0 saturated heterocycles. The average Bonchev–Trinajstić information content (AvgIpc) is 1.00. The summed E-state index contributed by atoms with van der Waals surface area (Å²) in [6, 6.07) is 0. The molecule has 4 heteroatoms. The number of rotatable bonds is 0. The Hall–Kier alpha value is 0.419. The molecule has 0 amide bonds. The Morgan fingerprint density at radius 3 is 1.25 bits per heavy atom. The Morgan fingerprint density at radius 2 is 1.25 bits per heavy atom. The first kappa shape index (κ1) is 25.6. The third kappa shape index (κ3) is 27.7. The van der Waals surface area contributed by atoms with Gasteiger partial charge in [0.1, 0.15) is 0 Å². The van der Waals surface area contributed by atoms with Crippen LogP contribution < -0.4 is 0 Å². The van der Waals surface area contributed by atoms with Crippen LogP contribution in [0.4, 0.5) is 0 Å². The fourth-order valence-corrected chi connectivity index (χ4v) is 0. The summed E-state index contributed by atoms with van der Waals surface area (Å²) in [7, 11) is 1.42. The maximum Gasteiger partial charge on any atom is 3.00 e. The maximum absolute atomic E-state index is 6.92. The normalized spacial score (nSPS) is 0.500. The number of hydrogen-bond donors (Lipinski definition) is 0. The van der Waals surface area contributed by atoms with Crippen LogP contribution in [0.1, 0.15) is 0 Å². The monoisotopic (exact) mass is 84.0 g/mol. The third-order valence-corrected chi connectivity index (χ3v) is 0. The van der Waals surface area contributed by atoms with Crippen molar-refractivity contribution in [2.75, 3.05) is 0 Å². The van der Waals surface area contributed by atoms with Crippen molar-refractivity contribution >= 4 is 27.2 Å². The molecule has 0 unspecified atom stereocenters. The van der Waals surface area contributed by atoms with E-state index in [1.165, 1.54) is 9.88 Å². The molecule has 4 heavy (non-hydrogen) atoms. The zero-order valence-corrected chi connectivity index (χ0v) is 4.36. The van der Waals surface area contributed by atoms with Gasteiger partial charge in [-0.05, 0) is 0 Å². The van der Waals surface area contributed by atoms with Gasteiger partial charge in [0, 0.05) is 0 Å². The van der Waals surface area contributed by atoms with E-state index in [1.54, 1.807) is 0 Å². The summed E-state index contributed by atoms with van der Waals surface area (Å²) in [4.78, 5) is 6.92. The van der Waals surface area contributed by atoms with E-state index < -0.39 is 0 Å². The second kappa shape index (κ2) is 114. The van der Waals surface area contributed by atoms with E-state index >= 15 is 0 Å². The third-order valence-electron chi connectivity index (χ3n) is 0. The van der Waals surface area contributed by atoms with Crippen molar-refractivity contribution in [1.29, 1.82) is 4.89 Å². The summed E-state index contributed by atoms with van der Waals surface area (Å²) in [6.45, 7) is 0. The van der Waals surface area contributed by atoms with E-state index in [2.05, 4.69) is 0 Å². The van der Waals surface area contributed by atoms with E-state index in [4.69, 9.17) is 4.89 Å². The van der Waals surface area contributed by atoms with Gasteiger partial charge in [-0.15, -0.1) is 0 Å². The molecule has 0 fully saturated rings. The van der Waals surface area contributed by atoms with Gasteiger partial charge in [-0.3, -0.25) is 4.89 Å². The molecule has 2 nitrogen and oxygen atoms in total. The molecule has 0 aromatic carbocycles. The van der Waals surface area contributed by atoms with Gasteiger partial charge in [0.15, 0.2) is 9.88 Å². The Labute approximate surface area is 38.9 Å². The largest absolute Gasteiger partial charge is 3.00 e. The van der Waals surface area contributed by atoms with Gasteiger partial charge < -0.3 is 6.15 Å². The standard InChI is InChI=1S/Al.HNSi.N/c;1-2;/h;2H;/q+3;;-3. The summed E-state index contributed by atoms with van der Waals surface area (Å²) in [5.41, 5.74) is 0. The summed E-state index contributed by atoms with van der Waals surface area (Å²) in [6.07, 6.45) is 0. The van der Waals surface area contributed by atoms with E-state index in [1.807, 2.05) is 0 Å². The van der Waals surface area contributed by atoms with Crippen molar-refractivity contribution < 1.29 is 0 Å². The van der Waals surface area contributed by atoms with Crippen LogP contribution in [0.3, 0.4) is 0 Å². The topological polar surface area (TPSA) is 54.3 Å². The first-order valence-corrected chi connectivity index (χ1v) is 0.775. The number of nitrogens with zero attached hydrogens (tertiary/aromatic N) is 2. The van der Waals surface area contributed by atoms with E-state index in [0.717, 1.165) is 0 Å². The Balaban J connectivity index is -0.00000000500. The molecule has 0 saturated carbocycles. The summed E-state index contributed by atoms with van der Waals surface area (Å²) in [5, 5.41) is 0. The first-order chi connectivity index (χ1) is 1.00. The molecule has 0 aliphatic heterocycles. The van der Waals surface area contributed by atoms with Gasteiger partial charge in [0.2, 0.25) is 0 Å². The fourth-order valence-electron chi connectivity index (χ4n) is 0. The predicted molar refractivity (Wildman–Crippen MR) is 18.0 cm³/mol. The van der Waals surface area contributed by atoms with Crippen LogP contribution in [0.5, 0.6) is 0 Å². The fraction of sp³-hybridized carbons (Fsp3) is 0. The van der Waals surface area contributed by atoms with Crippen LogP contribution in [0.15, 0.2) is 0 Å². The molecule has 0 aromatic rings. The smallest absolute Gasteiger partial charge is 3.00 e. The van der Waals surface area contributed by atoms with Gasteiger partial charge in [-0.2, -0.15) is 0 Å². The van der Waals surface area contributed by atoms with Crippen molar-refractivity contribution in [3.05, 3.63) is 6.15 Å². The van der Waals surface area contributed by atoms with Crippen molar-refractivity contribution in [2.24, 2.45) is 0 Å². The van der Waals surface area contributed by atoms with E-state index in [0.29, 0.717) is 0 Å². The Kier molecular flexibility index (Phi) is 730. The van der Waals surface area contributed by atoms with Crippen LogP contribution in [-0.4, -0.2) is 27.2 Å². The van der Waals surface area contributed by atoms with Crippen LogP contribution in [0, 0.1) is 4.89 Å². The molecular formula is HAlN2Si. The van der Waals surface area contributed by atoms with Crippen LogP contribution >= 0.6 is 0 Å². The predicted octanol–water partition coefficient (Wildman–Crippen LogP) is -0.726.